The Bertz CT molecular complexity index is 907. The highest BCUT2D eigenvalue weighted by molar-refractivity contribution is 7.27. The Labute approximate surface area is 123 Å². The average molecular weight is 270 g/mol. The van der Waals surface area contributed by atoms with E-state index in [1.807, 2.05) is 18.2 Å². The van der Waals surface area contributed by atoms with Crippen LogP contribution < -0.4 is 5.46 Å². The van der Waals surface area contributed by atoms with Crippen molar-refractivity contribution in [1.82, 2.24) is 0 Å². The van der Waals surface area contributed by atoms with Crippen molar-refractivity contribution in [2.24, 2.45) is 0 Å². The van der Waals surface area contributed by atoms with E-state index in [4.69, 9.17) is 7.85 Å². The number of hydrogen-bond donors (Lipinski definition) is 0. The third-order valence-corrected chi connectivity index (χ3v) is 4.94. The summed E-state index contributed by atoms with van der Waals surface area (Å²) in [6.45, 7) is 0. The maximum atomic E-state index is 6.12. The SMILES string of the molecule is [B]c1cccc2c1sc1c(-c3ccccc3)cccc12. The Kier molecular flexibility index (Phi) is 2.64. The minimum Gasteiger partial charge on any atom is -0.135 e. The predicted molar refractivity (Wildman–Crippen MR) is 90.2 cm³/mol. The van der Waals surface area contributed by atoms with Gasteiger partial charge in [0.2, 0.25) is 0 Å². The zero-order valence-corrected chi connectivity index (χ0v) is 11.7. The molecule has 0 fully saturated rings. The fraction of sp³-hybridized carbons (Fsp3) is 0. The summed E-state index contributed by atoms with van der Waals surface area (Å²) in [6.07, 6.45) is 0. The first-order valence-corrected chi connectivity index (χ1v) is 7.41. The van der Waals surface area contributed by atoms with Gasteiger partial charge in [-0.05, 0) is 16.5 Å². The van der Waals surface area contributed by atoms with E-state index >= 15 is 0 Å². The molecule has 2 heteroatoms. The quantitative estimate of drug-likeness (QED) is 0.446. The summed E-state index contributed by atoms with van der Waals surface area (Å²) in [4.78, 5) is 0. The number of rotatable bonds is 1. The van der Waals surface area contributed by atoms with Crippen LogP contribution in [0.1, 0.15) is 0 Å². The van der Waals surface area contributed by atoms with E-state index in [0.717, 1.165) is 5.46 Å². The molecule has 0 unspecified atom stereocenters. The molecular weight excluding hydrogens is 259 g/mol. The first-order valence-electron chi connectivity index (χ1n) is 6.60. The molecule has 0 saturated carbocycles. The largest absolute Gasteiger partial charge is 0.135 e. The molecule has 3 aromatic carbocycles. The van der Waals surface area contributed by atoms with Crippen molar-refractivity contribution in [3.63, 3.8) is 0 Å². The van der Waals surface area contributed by atoms with E-state index in [0.29, 0.717) is 0 Å². The summed E-state index contributed by atoms with van der Waals surface area (Å²) in [5.74, 6) is 0. The van der Waals surface area contributed by atoms with E-state index in [-0.39, 0.29) is 0 Å². The van der Waals surface area contributed by atoms with Gasteiger partial charge < -0.3 is 0 Å². The lowest BCUT2D eigenvalue weighted by Crippen LogP contribution is -1.99. The maximum Gasteiger partial charge on any atom is 0.115 e. The Morgan fingerprint density at radius 3 is 2.15 bits per heavy atom. The molecule has 92 valence electrons. The monoisotopic (exact) mass is 270 g/mol. The summed E-state index contributed by atoms with van der Waals surface area (Å²) in [6, 6.07) is 23.2. The first-order chi connectivity index (χ1) is 9.84. The molecule has 0 atom stereocenters. The molecule has 0 nitrogen and oxygen atoms in total. The van der Waals surface area contributed by atoms with Gasteiger partial charge in [0, 0.05) is 14.8 Å². The van der Waals surface area contributed by atoms with Crippen molar-refractivity contribution in [1.29, 1.82) is 0 Å². The Morgan fingerprint density at radius 2 is 1.35 bits per heavy atom. The summed E-state index contributed by atoms with van der Waals surface area (Å²) in [5.41, 5.74) is 3.40. The molecule has 0 N–H and O–H groups in total. The number of thiophene rings is 1. The van der Waals surface area contributed by atoms with Crippen molar-refractivity contribution < 1.29 is 0 Å². The lowest BCUT2D eigenvalue weighted by molar-refractivity contribution is 1.67. The molecule has 20 heavy (non-hydrogen) atoms. The molecule has 1 heterocycles. The average Bonchev–Trinajstić information content (AvgIpc) is 2.88. The minimum atomic E-state index is 0.864. The van der Waals surface area contributed by atoms with Gasteiger partial charge >= 0.3 is 0 Å². The van der Waals surface area contributed by atoms with Gasteiger partial charge in [0.1, 0.15) is 7.85 Å². The smallest absolute Gasteiger partial charge is 0.115 e. The minimum absolute atomic E-state index is 0.864. The third kappa shape index (κ3) is 1.69. The Hall–Kier alpha value is -2.06. The predicted octanol–water partition coefficient (Wildman–Crippen LogP) is 4.52. The van der Waals surface area contributed by atoms with E-state index in [2.05, 4.69) is 48.5 Å². The van der Waals surface area contributed by atoms with Crippen LogP contribution in [0.3, 0.4) is 0 Å². The summed E-state index contributed by atoms with van der Waals surface area (Å²) in [7, 11) is 6.12. The van der Waals surface area contributed by atoms with Gasteiger partial charge in [0.25, 0.3) is 0 Å². The fourth-order valence-corrected chi connectivity index (χ4v) is 3.95. The summed E-state index contributed by atoms with van der Waals surface area (Å²) < 4.78 is 2.50. The molecule has 0 spiro atoms. The topological polar surface area (TPSA) is 0 Å². The lowest BCUT2D eigenvalue weighted by atomic mass is 9.94. The Balaban J connectivity index is 2.14. The second kappa shape index (κ2) is 4.50. The van der Waals surface area contributed by atoms with Crippen LogP contribution in [-0.4, -0.2) is 7.85 Å². The summed E-state index contributed by atoms with van der Waals surface area (Å²) in [5, 5.41) is 2.54. The first kappa shape index (κ1) is 11.7. The van der Waals surface area contributed by atoms with Crippen LogP contribution in [0.15, 0.2) is 66.7 Å². The van der Waals surface area contributed by atoms with Gasteiger partial charge in [-0.1, -0.05) is 72.2 Å². The molecule has 0 aliphatic rings. The van der Waals surface area contributed by atoms with Gasteiger partial charge in [-0.3, -0.25) is 0 Å². The van der Waals surface area contributed by atoms with Crippen LogP contribution in [0.4, 0.5) is 0 Å². The van der Waals surface area contributed by atoms with Crippen LogP contribution in [-0.2, 0) is 0 Å². The van der Waals surface area contributed by atoms with Crippen molar-refractivity contribution >= 4 is 44.8 Å². The van der Waals surface area contributed by atoms with Gasteiger partial charge in [-0.15, -0.1) is 11.3 Å². The lowest BCUT2D eigenvalue weighted by Gasteiger charge is -2.02. The van der Waals surface area contributed by atoms with Crippen LogP contribution >= 0.6 is 11.3 Å². The second-order valence-electron chi connectivity index (χ2n) is 4.87. The molecule has 0 aliphatic heterocycles. The molecule has 0 bridgehead atoms. The van der Waals surface area contributed by atoms with Crippen LogP contribution in [0.25, 0.3) is 31.3 Å². The number of benzene rings is 3. The molecule has 0 amide bonds. The Morgan fingerprint density at radius 1 is 0.650 bits per heavy atom. The number of hydrogen-bond acceptors (Lipinski definition) is 1. The van der Waals surface area contributed by atoms with Gasteiger partial charge in [0.05, 0.1) is 0 Å². The van der Waals surface area contributed by atoms with Crippen molar-refractivity contribution in [3.8, 4) is 11.1 Å². The van der Waals surface area contributed by atoms with E-state index < -0.39 is 0 Å². The van der Waals surface area contributed by atoms with Gasteiger partial charge in [-0.2, -0.15) is 0 Å². The van der Waals surface area contributed by atoms with E-state index in [9.17, 15) is 0 Å². The second-order valence-corrected chi connectivity index (χ2v) is 5.89. The highest BCUT2D eigenvalue weighted by Crippen LogP contribution is 2.38. The zero-order valence-electron chi connectivity index (χ0n) is 10.8. The molecule has 2 radical (unpaired) electrons. The molecule has 1 aromatic heterocycles. The van der Waals surface area contributed by atoms with Crippen molar-refractivity contribution in [3.05, 3.63) is 66.7 Å². The highest BCUT2D eigenvalue weighted by Gasteiger charge is 2.10. The normalized spacial score (nSPS) is 11.2. The molecule has 0 saturated heterocycles. The van der Waals surface area contributed by atoms with Crippen LogP contribution in [0.5, 0.6) is 0 Å². The molecule has 0 aliphatic carbocycles. The van der Waals surface area contributed by atoms with E-state index in [1.54, 1.807) is 11.3 Å². The van der Waals surface area contributed by atoms with Gasteiger partial charge in [0.15, 0.2) is 0 Å². The fourth-order valence-electron chi connectivity index (χ4n) is 2.69. The van der Waals surface area contributed by atoms with Crippen molar-refractivity contribution in [2.75, 3.05) is 0 Å². The zero-order chi connectivity index (χ0) is 13.5. The van der Waals surface area contributed by atoms with Crippen molar-refractivity contribution in [2.45, 2.75) is 0 Å². The number of fused-ring (bicyclic) bond motifs is 3. The van der Waals surface area contributed by atoms with Crippen LogP contribution in [0.2, 0.25) is 0 Å². The van der Waals surface area contributed by atoms with E-state index in [1.165, 1.54) is 31.3 Å². The third-order valence-electron chi connectivity index (χ3n) is 3.64. The molecular formula is C18H11BS. The van der Waals surface area contributed by atoms with Gasteiger partial charge in [-0.25, -0.2) is 0 Å². The van der Waals surface area contributed by atoms with Crippen LogP contribution in [0, 0.1) is 0 Å². The summed E-state index contributed by atoms with van der Waals surface area (Å²) >= 11 is 1.78. The highest BCUT2D eigenvalue weighted by atomic mass is 32.1. The molecule has 4 aromatic rings. The standard InChI is InChI=1S/C18H11BS/c19-16-11-5-10-15-14-9-4-8-13(17(14)20-18(15)16)12-6-2-1-3-7-12/h1-11H. The molecule has 4 rings (SSSR count). The maximum absolute atomic E-state index is 6.12.